The third kappa shape index (κ3) is 3.51. The molecule has 0 saturated carbocycles. The molecule has 1 aromatic heterocycles. The minimum atomic E-state index is -0.473. The van der Waals surface area contributed by atoms with Crippen LogP contribution >= 0.6 is 31.9 Å². The standard InChI is InChI=1S/C12H8Br2N2O3/c1-7-2-9(14)6-15-12(7)19-11-4-8(13)3-10(5-11)16(17)18/h2-6H,1H3. The topological polar surface area (TPSA) is 65.3 Å². The zero-order valence-corrected chi connectivity index (χ0v) is 12.9. The smallest absolute Gasteiger partial charge is 0.274 e. The molecule has 0 aliphatic carbocycles. The lowest BCUT2D eigenvalue weighted by Crippen LogP contribution is -1.93. The van der Waals surface area contributed by atoms with Crippen molar-refractivity contribution in [2.24, 2.45) is 0 Å². The SMILES string of the molecule is Cc1cc(Br)cnc1Oc1cc(Br)cc([N+](=O)[O-])c1. The van der Waals surface area contributed by atoms with Crippen LogP contribution in [0, 0.1) is 17.0 Å². The van der Waals surface area contributed by atoms with Gasteiger partial charge in [0.1, 0.15) is 5.75 Å². The molecule has 98 valence electrons. The zero-order chi connectivity index (χ0) is 14.0. The number of rotatable bonds is 3. The van der Waals surface area contributed by atoms with Gasteiger partial charge in [0.25, 0.3) is 5.69 Å². The number of hydrogen-bond acceptors (Lipinski definition) is 4. The third-order valence-electron chi connectivity index (χ3n) is 2.28. The molecule has 1 heterocycles. The molecule has 0 radical (unpaired) electrons. The largest absolute Gasteiger partial charge is 0.438 e. The molecule has 0 aliphatic rings. The van der Waals surface area contributed by atoms with Crippen LogP contribution in [0.1, 0.15) is 5.56 Å². The summed E-state index contributed by atoms with van der Waals surface area (Å²) in [6.07, 6.45) is 1.61. The molecule has 0 N–H and O–H groups in total. The summed E-state index contributed by atoms with van der Waals surface area (Å²) in [6.45, 7) is 1.85. The van der Waals surface area contributed by atoms with Crippen molar-refractivity contribution in [3.8, 4) is 11.6 Å². The number of aromatic nitrogens is 1. The molecular formula is C12H8Br2N2O3. The van der Waals surface area contributed by atoms with Crippen molar-refractivity contribution in [2.45, 2.75) is 6.92 Å². The predicted octanol–water partition coefficient (Wildman–Crippen LogP) is 4.62. The van der Waals surface area contributed by atoms with Gasteiger partial charge in [0.05, 0.1) is 11.0 Å². The first kappa shape index (κ1) is 14.0. The summed E-state index contributed by atoms with van der Waals surface area (Å²) in [5.41, 5.74) is 0.788. The van der Waals surface area contributed by atoms with E-state index in [1.807, 2.05) is 13.0 Å². The second-order valence-corrected chi connectivity index (χ2v) is 5.61. The van der Waals surface area contributed by atoms with Crippen LogP contribution in [0.2, 0.25) is 0 Å². The lowest BCUT2D eigenvalue weighted by molar-refractivity contribution is -0.385. The van der Waals surface area contributed by atoms with Crippen molar-refractivity contribution in [3.05, 3.63) is 55.1 Å². The lowest BCUT2D eigenvalue weighted by atomic mass is 10.3. The van der Waals surface area contributed by atoms with Crippen LogP contribution in [0.25, 0.3) is 0 Å². The maximum atomic E-state index is 10.8. The van der Waals surface area contributed by atoms with Crippen molar-refractivity contribution >= 4 is 37.5 Å². The first-order valence-corrected chi connectivity index (χ1v) is 6.79. The van der Waals surface area contributed by atoms with Gasteiger partial charge in [-0.15, -0.1) is 0 Å². The van der Waals surface area contributed by atoms with Crippen molar-refractivity contribution in [1.82, 2.24) is 4.98 Å². The fraction of sp³-hybridized carbons (Fsp3) is 0.0833. The summed E-state index contributed by atoms with van der Waals surface area (Å²) in [4.78, 5) is 14.4. The van der Waals surface area contributed by atoms with Crippen LogP contribution in [0.3, 0.4) is 0 Å². The zero-order valence-electron chi connectivity index (χ0n) is 9.76. The molecule has 0 spiro atoms. The van der Waals surface area contributed by atoms with Gasteiger partial charge in [0.2, 0.25) is 5.88 Å². The van der Waals surface area contributed by atoms with Gasteiger partial charge in [-0.05, 0) is 35.0 Å². The average molecular weight is 388 g/mol. The van der Waals surface area contributed by atoms with Gasteiger partial charge in [0.15, 0.2) is 0 Å². The second-order valence-electron chi connectivity index (χ2n) is 3.78. The number of ether oxygens (including phenoxy) is 1. The maximum Gasteiger partial charge on any atom is 0.274 e. The maximum absolute atomic E-state index is 10.8. The number of hydrogen-bond donors (Lipinski definition) is 0. The number of aryl methyl sites for hydroxylation is 1. The summed E-state index contributed by atoms with van der Waals surface area (Å²) >= 11 is 6.52. The van der Waals surface area contributed by atoms with Crippen LogP contribution in [0.5, 0.6) is 11.6 Å². The van der Waals surface area contributed by atoms with Crippen molar-refractivity contribution in [1.29, 1.82) is 0 Å². The molecule has 0 fully saturated rings. The van der Waals surface area contributed by atoms with E-state index in [0.29, 0.717) is 16.1 Å². The molecule has 0 atom stereocenters. The summed E-state index contributed by atoms with van der Waals surface area (Å²) in [5, 5.41) is 10.8. The Balaban J connectivity index is 2.35. The monoisotopic (exact) mass is 386 g/mol. The molecule has 0 saturated heterocycles. The first-order valence-electron chi connectivity index (χ1n) is 5.20. The molecule has 0 amide bonds. The van der Waals surface area contributed by atoms with Crippen LogP contribution in [-0.2, 0) is 0 Å². The Morgan fingerprint density at radius 1 is 1.21 bits per heavy atom. The molecule has 1 aromatic carbocycles. The van der Waals surface area contributed by atoms with Gasteiger partial charge >= 0.3 is 0 Å². The summed E-state index contributed by atoms with van der Waals surface area (Å²) < 4.78 is 6.99. The Hall–Kier alpha value is -1.47. The molecule has 0 aliphatic heterocycles. The fourth-order valence-corrected chi connectivity index (χ4v) is 2.36. The first-order chi connectivity index (χ1) is 8.95. The minimum Gasteiger partial charge on any atom is -0.438 e. The number of nitro groups is 1. The number of pyridine rings is 1. The molecule has 19 heavy (non-hydrogen) atoms. The molecular weight excluding hydrogens is 380 g/mol. The molecule has 7 heteroatoms. The number of nitrogens with zero attached hydrogens (tertiary/aromatic N) is 2. The van der Waals surface area contributed by atoms with Gasteiger partial charge in [0, 0.05) is 26.8 Å². The highest BCUT2D eigenvalue weighted by Crippen LogP contribution is 2.30. The number of halogens is 2. The van der Waals surface area contributed by atoms with Crippen LogP contribution in [0.4, 0.5) is 5.69 Å². The Morgan fingerprint density at radius 3 is 2.58 bits per heavy atom. The molecule has 2 aromatic rings. The Labute approximate surface area is 126 Å². The van der Waals surface area contributed by atoms with Crippen molar-refractivity contribution in [2.75, 3.05) is 0 Å². The van der Waals surface area contributed by atoms with E-state index in [-0.39, 0.29) is 5.69 Å². The van der Waals surface area contributed by atoms with E-state index in [2.05, 4.69) is 36.8 Å². The highest BCUT2D eigenvalue weighted by Gasteiger charge is 2.11. The van der Waals surface area contributed by atoms with Gasteiger partial charge in [-0.25, -0.2) is 4.98 Å². The van der Waals surface area contributed by atoms with Gasteiger partial charge in [-0.3, -0.25) is 10.1 Å². The second kappa shape index (κ2) is 5.66. The van der Waals surface area contributed by atoms with E-state index in [1.54, 1.807) is 12.3 Å². The Bertz CT molecular complexity index is 647. The van der Waals surface area contributed by atoms with Crippen molar-refractivity contribution in [3.63, 3.8) is 0 Å². The van der Waals surface area contributed by atoms with E-state index in [4.69, 9.17) is 4.74 Å². The summed E-state index contributed by atoms with van der Waals surface area (Å²) in [7, 11) is 0. The minimum absolute atomic E-state index is 0.0425. The van der Waals surface area contributed by atoms with Crippen molar-refractivity contribution < 1.29 is 9.66 Å². The summed E-state index contributed by atoms with van der Waals surface area (Å²) in [5.74, 6) is 0.773. The van der Waals surface area contributed by atoms with E-state index >= 15 is 0 Å². The highest BCUT2D eigenvalue weighted by molar-refractivity contribution is 9.10. The van der Waals surface area contributed by atoms with Crippen LogP contribution < -0.4 is 4.74 Å². The number of nitro benzene ring substituents is 1. The third-order valence-corrected chi connectivity index (χ3v) is 3.17. The summed E-state index contributed by atoms with van der Waals surface area (Å²) in [6, 6.07) is 6.27. The molecule has 5 nitrogen and oxygen atoms in total. The predicted molar refractivity (Wildman–Crippen MR) is 77.5 cm³/mol. The van der Waals surface area contributed by atoms with Gasteiger partial charge in [-0.1, -0.05) is 15.9 Å². The quantitative estimate of drug-likeness (QED) is 0.569. The Kier molecular flexibility index (Phi) is 4.16. The van der Waals surface area contributed by atoms with E-state index in [1.165, 1.54) is 12.1 Å². The molecule has 2 rings (SSSR count). The number of benzene rings is 1. The highest BCUT2D eigenvalue weighted by atomic mass is 79.9. The lowest BCUT2D eigenvalue weighted by Gasteiger charge is -2.08. The van der Waals surface area contributed by atoms with Gasteiger partial charge in [-0.2, -0.15) is 0 Å². The molecule has 0 unspecified atom stereocenters. The van der Waals surface area contributed by atoms with Crippen LogP contribution in [-0.4, -0.2) is 9.91 Å². The average Bonchev–Trinajstić information content (AvgIpc) is 2.32. The van der Waals surface area contributed by atoms with Gasteiger partial charge < -0.3 is 4.74 Å². The van der Waals surface area contributed by atoms with E-state index in [9.17, 15) is 10.1 Å². The molecule has 0 bridgehead atoms. The fourth-order valence-electron chi connectivity index (χ4n) is 1.46. The van der Waals surface area contributed by atoms with E-state index in [0.717, 1.165) is 10.0 Å². The number of non-ortho nitro benzene ring substituents is 1. The Morgan fingerprint density at radius 2 is 1.95 bits per heavy atom. The van der Waals surface area contributed by atoms with E-state index < -0.39 is 4.92 Å². The van der Waals surface area contributed by atoms with Crippen LogP contribution in [0.15, 0.2) is 39.4 Å². The normalized spacial score (nSPS) is 10.3.